The Hall–Kier alpha value is -2.22. The highest BCUT2D eigenvalue weighted by Gasteiger charge is 2.25. The van der Waals surface area contributed by atoms with Crippen molar-refractivity contribution in [3.05, 3.63) is 38.9 Å². The van der Waals surface area contributed by atoms with Crippen LogP contribution in [0.15, 0.2) is 12.1 Å². The largest absolute Gasteiger partial charge is 0.298 e. The first kappa shape index (κ1) is 11.9. The number of hydrogen-bond donors (Lipinski definition) is 0. The molecule has 0 aliphatic heterocycles. The third kappa shape index (κ3) is 1.91. The minimum Gasteiger partial charge on any atom is -0.294 e. The van der Waals surface area contributed by atoms with Gasteiger partial charge in [0, 0.05) is 0 Å². The molecule has 0 unspecified atom stereocenters. The van der Waals surface area contributed by atoms with Gasteiger partial charge in [-0.15, -0.1) is 0 Å². The van der Waals surface area contributed by atoms with E-state index in [1.54, 1.807) is 19.1 Å². The minimum absolute atomic E-state index is 0.0477. The molecule has 0 saturated heterocycles. The number of benzene rings is 1. The number of Topliss-reactive ketones (excluding diaryl/α,β-unsaturated/α-hetero) is 1. The van der Waals surface area contributed by atoms with Gasteiger partial charge in [0.1, 0.15) is 11.6 Å². The Morgan fingerprint density at radius 1 is 1.56 bits per heavy atom. The van der Waals surface area contributed by atoms with Gasteiger partial charge in [-0.2, -0.15) is 5.26 Å². The molecular formula is C11H10N2O3. The standard InChI is InChI=1S/C11H10N2O3/c1-3-8-4-5-9(6-12)11(13(15)16)10(8)7(2)14/h4-5H,3H2,1-2H3. The molecule has 1 rings (SSSR count). The molecule has 0 saturated carbocycles. The van der Waals surface area contributed by atoms with Gasteiger partial charge < -0.3 is 0 Å². The summed E-state index contributed by atoms with van der Waals surface area (Å²) in [4.78, 5) is 21.6. The molecule has 16 heavy (non-hydrogen) atoms. The van der Waals surface area contributed by atoms with Gasteiger partial charge in [0.15, 0.2) is 5.78 Å². The van der Waals surface area contributed by atoms with Crippen molar-refractivity contribution in [2.75, 3.05) is 0 Å². The monoisotopic (exact) mass is 218 g/mol. The summed E-state index contributed by atoms with van der Waals surface area (Å²) in [6.07, 6.45) is 0.515. The lowest BCUT2D eigenvalue weighted by Crippen LogP contribution is -2.06. The van der Waals surface area contributed by atoms with Crippen LogP contribution < -0.4 is 0 Å². The maximum atomic E-state index is 11.4. The van der Waals surface area contributed by atoms with E-state index in [1.165, 1.54) is 13.0 Å². The van der Waals surface area contributed by atoms with Gasteiger partial charge in [0.25, 0.3) is 5.69 Å². The summed E-state index contributed by atoms with van der Waals surface area (Å²) in [5, 5.41) is 19.6. The van der Waals surface area contributed by atoms with E-state index in [9.17, 15) is 14.9 Å². The third-order valence-electron chi connectivity index (χ3n) is 2.30. The number of aryl methyl sites for hydroxylation is 1. The molecule has 0 spiro atoms. The first-order chi connectivity index (χ1) is 7.52. The highest BCUT2D eigenvalue weighted by atomic mass is 16.6. The zero-order valence-corrected chi connectivity index (χ0v) is 8.98. The zero-order valence-electron chi connectivity index (χ0n) is 8.98. The lowest BCUT2D eigenvalue weighted by Gasteiger charge is -2.06. The number of hydrogen-bond acceptors (Lipinski definition) is 4. The topological polar surface area (TPSA) is 84.0 Å². The Bertz CT molecular complexity index is 501. The molecule has 0 amide bonds. The van der Waals surface area contributed by atoms with E-state index in [0.29, 0.717) is 12.0 Å². The zero-order chi connectivity index (χ0) is 12.3. The molecule has 0 heterocycles. The number of nitrogens with zero attached hydrogens (tertiary/aromatic N) is 2. The van der Waals surface area contributed by atoms with Crippen LogP contribution in [0.5, 0.6) is 0 Å². The van der Waals surface area contributed by atoms with Crippen LogP contribution in [0.2, 0.25) is 0 Å². The minimum atomic E-state index is -0.672. The fourth-order valence-electron chi connectivity index (χ4n) is 1.60. The molecule has 0 aliphatic rings. The van der Waals surface area contributed by atoms with Gasteiger partial charge in [-0.1, -0.05) is 13.0 Å². The highest BCUT2D eigenvalue weighted by Crippen LogP contribution is 2.27. The first-order valence-corrected chi connectivity index (χ1v) is 4.74. The van der Waals surface area contributed by atoms with Gasteiger partial charge in [-0.3, -0.25) is 14.9 Å². The molecule has 1 aromatic carbocycles. The van der Waals surface area contributed by atoms with Gasteiger partial charge in [0.2, 0.25) is 0 Å². The average molecular weight is 218 g/mol. The number of nitro groups is 1. The van der Waals surface area contributed by atoms with Gasteiger partial charge in [-0.05, 0) is 25.0 Å². The Labute approximate surface area is 92.5 Å². The predicted octanol–water partition coefficient (Wildman–Crippen LogP) is 2.23. The SMILES string of the molecule is CCc1ccc(C#N)c([N+](=O)[O-])c1C(C)=O. The summed E-state index contributed by atoms with van der Waals surface area (Å²) in [7, 11) is 0. The molecule has 1 aromatic rings. The van der Waals surface area contributed by atoms with Crippen molar-refractivity contribution in [2.24, 2.45) is 0 Å². The number of nitro benzene ring substituents is 1. The maximum absolute atomic E-state index is 11.4. The van der Waals surface area contributed by atoms with Crippen LogP contribution in [0.4, 0.5) is 5.69 Å². The summed E-state index contributed by atoms with van der Waals surface area (Å²) < 4.78 is 0. The van der Waals surface area contributed by atoms with Crippen LogP contribution in [-0.2, 0) is 6.42 Å². The number of rotatable bonds is 3. The number of carbonyl (C=O) groups is 1. The van der Waals surface area contributed by atoms with Crippen molar-refractivity contribution in [3.63, 3.8) is 0 Å². The molecular weight excluding hydrogens is 208 g/mol. The predicted molar refractivity (Wildman–Crippen MR) is 57.2 cm³/mol. The van der Waals surface area contributed by atoms with Crippen molar-refractivity contribution in [1.82, 2.24) is 0 Å². The van der Waals surface area contributed by atoms with Crippen LogP contribution >= 0.6 is 0 Å². The van der Waals surface area contributed by atoms with E-state index in [-0.39, 0.29) is 22.6 Å². The quantitative estimate of drug-likeness (QED) is 0.442. The summed E-state index contributed by atoms with van der Waals surface area (Å²) in [6, 6.07) is 4.69. The lowest BCUT2D eigenvalue weighted by atomic mass is 9.97. The fourth-order valence-corrected chi connectivity index (χ4v) is 1.60. The van der Waals surface area contributed by atoms with Crippen LogP contribution in [0.1, 0.15) is 35.3 Å². The molecule has 5 nitrogen and oxygen atoms in total. The van der Waals surface area contributed by atoms with E-state index in [0.717, 1.165) is 0 Å². The summed E-state index contributed by atoms with van der Waals surface area (Å²) in [6.45, 7) is 3.07. The third-order valence-corrected chi connectivity index (χ3v) is 2.30. The van der Waals surface area contributed by atoms with Gasteiger partial charge in [-0.25, -0.2) is 0 Å². The van der Waals surface area contributed by atoms with E-state index in [4.69, 9.17) is 5.26 Å². The van der Waals surface area contributed by atoms with E-state index < -0.39 is 4.92 Å². The van der Waals surface area contributed by atoms with Gasteiger partial charge in [0.05, 0.1) is 10.5 Å². The second-order valence-corrected chi connectivity index (χ2v) is 3.27. The van der Waals surface area contributed by atoms with Crippen molar-refractivity contribution in [3.8, 4) is 6.07 Å². The molecule has 0 N–H and O–H groups in total. The Balaban J connectivity index is 3.68. The van der Waals surface area contributed by atoms with E-state index >= 15 is 0 Å². The van der Waals surface area contributed by atoms with Crippen molar-refractivity contribution < 1.29 is 9.72 Å². The lowest BCUT2D eigenvalue weighted by molar-refractivity contribution is -0.385. The van der Waals surface area contributed by atoms with Crippen molar-refractivity contribution in [1.29, 1.82) is 5.26 Å². The normalized spacial score (nSPS) is 9.56. The second-order valence-electron chi connectivity index (χ2n) is 3.27. The second kappa shape index (κ2) is 4.53. The first-order valence-electron chi connectivity index (χ1n) is 4.74. The Kier molecular flexibility index (Phi) is 3.36. The maximum Gasteiger partial charge on any atom is 0.298 e. The average Bonchev–Trinajstić information content (AvgIpc) is 2.26. The molecule has 0 aromatic heterocycles. The van der Waals surface area contributed by atoms with Gasteiger partial charge >= 0.3 is 0 Å². The molecule has 0 atom stereocenters. The smallest absolute Gasteiger partial charge is 0.294 e. The summed E-state index contributed by atoms with van der Waals surface area (Å²) in [5.41, 5.74) is 0.187. The fraction of sp³-hybridized carbons (Fsp3) is 0.273. The van der Waals surface area contributed by atoms with Crippen LogP contribution in [0, 0.1) is 21.4 Å². The molecule has 5 heteroatoms. The number of nitriles is 1. The highest BCUT2D eigenvalue weighted by molar-refractivity contribution is 6.00. The molecule has 0 aliphatic carbocycles. The van der Waals surface area contributed by atoms with Crippen LogP contribution in [0.3, 0.4) is 0 Å². The Morgan fingerprint density at radius 2 is 2.19 bits per heavy atom. The van der Waals surface area contributed by atoms with Crippen LogP contribution in [-0.4, -0.2) is 10.7 Å². The Morgan fingerprint density at radius 3 is 2.56 bits per heavy atom. The summed E-state index contributed by atoms with van der Waals surface area (Å²) >= 11 is 0. The van der Waals surface area contributed by atoms with E-state index in [1.807, 2.05) is 0 Å². The van der Waals surface area contributed by atoms with Crippen molar-refractivity contribution in [2.45, 2.75) is 20.3 Å². The number of ketones is 1. The molecule has 0 radical (unpaired) electrons. The van der Waals surface area contributed by atoms with E-state index in [2.05, 4.69) is 0 Å². The number of carbonyl (C=O) groups excluding carboxylic acids is 1. The summed E-state index contributed by atoms with van der Waals surface area (Å²) in [5.74, 6) is -0.388. The molecule has 0 fully saturated rings. The van der Waals surface area contributed by atoms with Crippen molar-refractivity contribution >= 4 is 11.5 Å². The van der Waals surface area contributed by atoms with Crippen LogP contribution in [0.25, 0.3) is 0 Å². The molecule has 0 bridgehead atoms. The molecule has 82 valence electrons.